The molecule has 4 aromatic rings. The number of benzene rings is 4. The molecule has 0 saturated carbocycles. The van der Waals surface area contributed by atoms with Crippen LogP contribution in [0.25, 0.3) is 0 Å². The van der Waals surface area contributed by atoms with Crippen LogP contribution in [0.2, 0.25) is 0 Å². The molecule has 32 heavy (non-hydrogen) atoms. The molecule has 0 unspecified atom stereocenters. The van der Waals surface area contributed by atoms with Gasteiger partial charge in [-0.05, 0) is 22.3 Å². The largest absolute Gasteiger partial charge is 0.221 e. The van der Waals surface area contributed by atoms with Crippen LogP contribution in [0.4, 0.5) is 0 Å². The van der Waals surface area contributed by atoms with Crippen LogP contribution >= 0.6 is 0 Å². The lowest BCUT2D eigenvalue weighted by molar-refractivity contribution is 0.0289. The summed E-state index contributed by atoms with van der Waals surface area (Å²) >= 11 is 0. The molecule has 0 aromatic heterocycles. The number of hydrogen-bond acceptors (Lipinski definition) is 4. The van der Waals surface area contributed by atoms with E-state index in [9.17, 15) is 0 Å². The van der Waals surface area contributed by atoms with Crippen molar-refractivity contribution in [1.29, 1.82) is 0 Å². The van der Waals surface area contributed by atoms with Crippen molar-refractivity contribution in [3.63, 3.8) is 0 Å². The minimum absolute atomic E-state index is 0.785. The van der Waals surface area contributed by atoms with E-state index in [1.807, 2.05) is 0 Å². The van der Waals surface area contributed by atoms with Gasteiger partial charge in [0.05, 0.1) is 0 Å². The van der Waals surface area contributed by atoms with Gasteiger partial charge in [0, 0.05) is 26.2 Å². The molecule has 4 aromatic carbocycles. The van der Waals surface area contributed by atoms with E-state index < -0.39 is 0 Å². The molecule has 4 rings (SSSR count). The average Bonchev–Trinajstić information content (AvgIpc) is 2.85. The summed E-state index contributed by atoms with van der Waals surface area (Å²) in [5, 5.41) is 4.40. The number of hydrogen-bond donors (Lipinski definition) is 2. The van der Waals surface area contributed by atoms with Crippen molar-refractivity contribution < 1.29 is 0 Å². The maximum absolute atomic E-state index is 3.47. The van der Waals surface area contributed by atoms with Gasteiger partial charge in [-0.2, -0.15) is 11.1 Å². The van der Waals surface area contributed by atoms with E-state index in [2.05, 4.69) is 142 Å². The Kier molecular flexibility index (Phi) is 8.18. The second-order valence-corrected chi connectivity index (χ2v) is 7.88. The topological polar surface area (TPSA) is 30.5 Å². The summed E-state index contributed by atoms with van der Waals surface area (Å²) < 4.78 is 0. The molecule has 0 heterocycles. The first-order valence-electron chi connectivity index (χ1n) is 11.0. The standard InChI is InChI=1S/C28H30N4/c1-5-13-25(14-6-1)21-31(22-26-15-7-2-8-16-26)29-30-32(23-27-17-9-3-10-18-27)24-28-19-11-4-12-20-28/h1-20,29-30H,21-24H2. The third-order valence-corrected chi connectivity index (χ3v) is 5.23. The normalized spacial score (nSPS) is 11.2. The van der Waals surface area contributed by atoms with E-state index in [0.29, 0.717) is 0 Å². The molecule has 0 fully saturated rings. The highest BCUT2D eigenvalue weighted by molar-refractivity contribution is 5.18. The van der Waals surface area contributed by atoms with E-state index in [1.165, 1.54) is 22.3 Å². The lowest BCUT2D eigenvalue weighted by Crippen LogP contribution is -2.53. The second-order valence-electron chi connectivity index (χ2n) is 7.88. The molecular formula is C28H30N4. The van der Waals surface area contributed by atoms with Gasteiger partial charge in [-0.1, -0.05) is 121 Å². The van der Waals surface area contributed by atoms with Crippen molar-refractivity contribution >= 4 is 0 Å². The fraction of sp³-hybridized carbons (Fsp3) is 0.143. The van der Waals surface area contributed by atoms with Crippen LogP contribution in [0, 0.1) is 0 Å². The van der Waals surface area contributed by atoms with Gasteiger partial charge in [0.1, 0.15) is 0 Å². The van der Waals surface area contributed by atoms with Gasteiger partial charge < -0.3 is 0 Å². The number of nitrogens with zero attached hydrogens (tertiary/aromatic N) is 2. The molecule has 0 aliphatic heterocycles. The van der Waals surface area contributed by atoms with Gasteiger partial charge in [-0.3, -0.25) is 0 Å². The molecular weight excluding hydrogens is 392 g/mol. The fourth-order valence-corrected chi connectivity index (χ4v) is 3.63. The van der Waals surface area contributed by atoms with Crippen LogP contribution in [-0.2, 0) is 26.2 Å². The maximum Gasteiger partial charge on any atom is 0.0399 e. The van der Waals surface area contributed by atoms with Crippen LogP contribution in [0.3, 0.4) is 0 Å². The first-order valence-corrected chi connectivity index (χ1v) is 11.0. The third kappa shape index (κ3) is 7.15. The van der Waals surface area contributed by atoms with E-state index >= 15 is 0 Å². The summed E-state index contributed by atoms with van der Waals surface area (Å²) in [7, 11) is 0. The molecule has 0 aliphatic rings. The van der Waals surface area contributed by atoms with Crippen molar-refractivity contribution in [3.05, 3.63) is 144 Å². The summed E-state index contributed by atoms with van der Waals surface area (Å²) in [5.41, 5.74) is 12.0. The predicted octanol–water partition coefficient (Wildman–Crippen LogP) is 5.32. The Hall–Kier alpha value is -3.28. The van der Waals surface area contributed by atoms with Crippen LogP contribution in [0.15, 0.2) is 121 Å². The lowest BCUT2D eigenvalue weighted by atomic mass is 10.2. The molecule has 0 aliphatic carbocycles. The first-order chi connectivity index (χ1) is 15.8. The minimum Gasteiger partial charge on any atom is -0.221 e. The molecule has 2 N–H and O–H groups in total. The Morgan fingerprint density at radius 1 is 0.344 bits per heavy atom. The number of rotatable bonds is 11. The quantitative estimate of drug-likeness (QED) is 0.321. The summed E-state index contributed by atoms with van der Waals surface area (Å²) in [6.07, 6.45) is 0. The van der Waals surface area contributed by atoms with Gasteiger partial charge in [0.2, 0.25) is 0 Å². The van der Waals surface area contributed by atoms with E-state index in [0.717, 1.165) is 26.2 Å². The molecule has 0 radical (unpaired) electrons. The minimum atomic E-state index is 0.785. The average molecular weight is 423 g/mol. The molecule has 4 heteroatoms. The highest BCUT2D eigenvalue weighted by Crippen LogP contribution is 2.10. The van der Waals surface area contributed by atoms with Crippen molar-refractivity contribution in [3.8, 4) is 0 Å². The van der Waals surface area contributed by atoms with Gasteiger partial charge >= 0.3 is 0 Å². The predicted molar refractivity (Wildman–Crippen MR) is 131 cm³/mol. The van der Waals surface area contributed by atoms with E-state index in [-0.39, 0.29) is 0 Å². The van der Waals surface area contributed by atoms with E-state index in [1.54, 1.807) is 0 Å². The van der Waals surface area contributed by atoms with Gasteiger partial charge in [-0.25, -0.2) is 10.0 Å². The number of nitrogens with one attached hydrogen (secondary N) is 2. The fourth-order valence-electron chi connectivity index (χ4n) is 3.63. The van der Waals surface area contributed by atoms with Gasteiger partial charge in [0.15, 0.2) is 0 Å². The zero-order chi connectivity index (χ0) is 21.8. The summed E-state index contributed by atoms with van der Waals surface area (Å²) in [6.45, 7) is 3.14. The number of hydrazine groups is 3. The SMILES string of the molecule is c1ccc(CN(Cc2ccccc2)NNN(Cc2ccccc2)Cc2ccccc2)cc1. The van der Waals surface area contributed by atoms with E-state index in [4.69, 9.17) is 0 Å². The Labute approximate surface area is 191 Å². The molecule has 0 atom stereocenters. The Morgan fingerprint density at radius 3 is 0.781 bits per heavy atom. The third-order valence-electron chi connectivity index (χ3n) is 5.23. The molecule has 0 amide bonds. The van der Waals surface area contributed by atoms with Crippen LogP contribution in [0.1, 0.15) is 22.3 Å². The molecule has 0 saturated heterocycles. The molecule has 0 spiro atoms. The second kappa shape index (κ2) is 11.9. The Balaban J connectivity index is 1.47. The van der Waals surface area contributed by atoms with Crippen molar-refractivity contribution in [2.45, 2.75) is 26.2 Å². The molecule has 0 bridgehead atoms. The maximum atomic E-state index is 3.47. The van der Waals surface area contributed by atoms with Crippen LogP contribution in [-0.4, -0.2) is 10.0 Å². The van der Waals surface area contributed by atoms with Crippen LogP contribution in [0.5, 0.6) is 0 Å². The van der Waals surface area contributed by atoms with Crippen LogP contribution < -0.4 is 11.1 Å². The molecule has 4 nitrogen and oxygen atoms in total. The van der Waals surface area contributed by atoms with Gasteiger partial charge in [-0.15, -0.1) is 0 Å². The Morgan fingerprint density at radius 2 is 0.562 bits per heavy atom. The smallest absolute Gasteiger partial charge is 0.0399 e. The van der Waals surface area contributed by atoms with Crippen molar-refractivity contribution in [1.82, 2.24) is 21.1 Å². The van der Waals surface area contributed by atoms with Gasteiger partial charge in [0.25, 0.3) is 0 Å². The van der Waals surface area contributed by atoms with Crippen molar-refractivity contribution in [2.24, 2.45) is 0 Å². The zero-order valence-corrected chi connectivity index (χ0v) is 18.3. The Bertz CT molecular complexity index is 854. The monoisotopic (exact) mass is 422 g/mol. The summed E-state index contributed by atoms with van der Waals surface area (Å²) in [4.78, 5) is 0. The van der Waals surface area contributed by atoms with Crippen molar-refractivity contribution in [2.75, 3.05) is 0 Å². The zero-order valence-electron chi connectivity index (χ0n) is 18.3. The molecule has 162 valence electrons. The first kappa shape index (κ1) is 21.9. The lowest BCUT2D eigenvalue weighted by Gasteiger charge is -2.30. The summed E-state index contributed by atoms with van der Waals surface area (Å²) in [6, 6.07) is 42.2. The summed E-state index contributed by atoms with van der Waals surface area (Å²) in [5.74, 6) is 0. The highest BCUT2D eigenvalue weighted by atomic mass is 15.8. The highest BCUT2D eigenvalue weighted by Gasteiger charge is 2.11.